The monoisotopic (exact) mass is 237 g/mol. The Balaban J connectivity index is 1.79. The van der Waals surface area contributed by atoms with Gasteiger partial charge in [-0.3, -0.25) is 0 Å². The second kappa shape index (κ2) is 6.12. The third-order valence-electron chi connectivity index (χ3n) is 3.31. The van der Waals surface area contributed by atoms with Crippen LogP contribution in [0.3, 0.4) is 0 Å². The van der Waals surface area contributed by atoms with Gasteiger partial charge in [0.05, 0.1) is 6.61 Å². The maximum atomic E-state index is 13.1. The Morgan fingerprint density at radius 1 is 1.47 bits per heavy atom. The highest BCUT2D eigenvalue weighted by molar-refractivity contribution is 5.26. The molecule has 1 saturated heterocycles. The number of hydrogen-bond acceptors (Lipinski definition) is 2. The molecule has 1 heterocycles. The first-order valence-corrected chi connectivity index (χ1v) is 6.29. The minimum atomic E-state index is -0.159. The smallest absolute Gasteiger partial charge is 0.123 e. The van der Waals surface area contributed by atoms with Crippen LogP contribution in [0.1, 0.15) is 24.0 Å². The Morgan fingerprint density at radius 3 is 3.12 bits per heavy atom. The lowest BCUT2D eigenvalue weighted by Gasteiger charge is -2.22. The first kappa shape index (κ1) is 12.5. The van der Waals surface area contributed by atoms with Gasteiger partial charge >= 0.3 is 0 Å². The van der Waals surface area contributed by atoms with Crippen LogP contribution >= 0.6 is 0 Å². The molecule has 2 nitrogen and oxygen atoms in total. The van der Waals surface area contributed by atoms with E-state index in [0.717, 1.165) is 43.9 Å². The summed E-state index contributed by atoms with van der Waals surface area (Å²) in [5.41, 5.74) is 2.18. The molecule has 1 aliphatic rings. The maximum absolute atomic E-state index is 13.1. The number of halogens is 1. The quantitative estimate of drug-likeness (QED) is 0.869. The highest BCUT2D eigenvalue weighted by atomic mass is 19.1. The van der Waals surface area contributed by atoms with Gasteiger partial charge in [-0.15, -0.1) is 0 Å². The molecule has 1 aliphatic heterocycles. The second-order valence-corrected chi connectivity index (χ2v) is 4.78. The molecule has 0 aromatic heterocycles. The summed E-state index contributed by atoms with van der Waals surface area (Å²) in [6, 6.07) is 4.95. The minimum Gasteiger partial charge on any atom is -0.381 e. The lowest BCUT2D eigenvalue weighted by molar-refractivity contribution is 0.0547. The van der Waals surface area contributed by atoms with Crippen molar-refractivity contribution >= 4 is 0 Å². The van der Waals surface area contributed by atoms with E-state index in [0.29, 0.717) is 5.92 Å². The molecule has 2 rings (SSSR count). The Kier molecular flexibility index (Phi) is 4.51. The zero-order valence-corrected chi connectivity index (χ0v) is 10.3. The molecule has 1 aromatic rings. The Morgan fingerprint density at radius 2 is 2.35 bits per heavy atom. The van der Waals surface area contributed by atoms with Crippen LogP contribution in [-0.2, 0) is 11.3 Å². The lowest BCUT2D eigenvalue weighted by Crippen LogP contribution is -2.29. The minimum absolute atomic E-state index is 0.159. The molecule has 1 atom stereocenters. The van der Waals surface area contributed by atoms with Gasteiger partial charge in [0, 0.05) is 19.7 Å². The number of rotatable bonds is 4. The van der Waals surface area contributed by atoms with Gasteiger partial charge in [-0.1, -0.05) is 6.07 Å². The summed E-state index contributed by atoms with van der Waals surface area (Å²) in [7, 11) is 0. The molecular weight excluding hydrogens is 217 g/mol. The molecular formula is C14H20FNO. The summed E-state index contributed by atoms with van der Waals surface area (Å²) in [4.78, 5) is 0. The molecule has 0 aliphatic carbocycles. The fraction of sp³-hybridized carbons (Fsp3) is 0.571. The third-order valence-corrected chi connectivity index (χ3v) is 3.31. The van der Waals surface area contributed by atoms with E-state index in [1.54, 1.807) is 6.07 Å². The first-order chi connectivity index (χ1) is 8.25. The van der Waals surface area contributed by atoms with Crippen molar-refractivity contribution in [2.75, 3.05) is 19.8 Å². The number of aryl methyl sites for hydroxylation is 1. The number of ether oxygens (including phenoxy) is 1. The van der Waals surface area contributed by atoms with E-state index in [4.69, 9.17) is 4.74 Å². The van der Waals surface area contributed by atoms with E-state index in [1.807, 2.05) is 13.0 Å². The normalized spacial score (nSPS) is 20.5. The van der Waals surface area contributed by atoms with Crippen molar-refractivity contribution < 1.29 is 9.13 Å². The highest BCUT2D eigenvalue weighted by Gasteiger charge is 2.13. The summed E-state index contributed by atoms with van der Waals surface area (Å²) in [6.07, 6.45) is 2.39. The predicted octanol–water partition coefficient (Wildman–Crippen LogP) is 2.65. The van der Waals surface area contributed by atoms with Crippen LogP contribution in [0.4, 0.5) is 4.39 Å². The number of hydrogen-bond donors (Lipinski definition) is 1. The molecule has 1 N–H and O–H groups in total. The van der Waals surface area contributed by atoms with Crippen molar-refractivity contribution in [1.29, 1.82) is 0 Å². The number of nitrogens with one attached hydrogen (secondary N) is 1. The van der Waals surface area contributed by atoms with E-state index in [-0.39, 0.29) is 5.82 Å². The van der Waals surface area contributed by atoms with Crippen molar-refractivity contribution in [1.82, 2.24) is 5.32 Å². The van der Waals surface area contributed by atoms with Gasteiger partial charge in [0.15, 0.2) is 0 Å². The van der Waals surface area contributed by atoms with Crippen LogP contribution in [0, 0.1) is 18.7 Å². The Labute approximate surface area is 102 Å². The molecule has 0 radical (unpaired) electrons. The Hall–Kier alpha value is -0.930. The molecule has 0 spiro atoms. The first-order valence-electron chi connectivity index (χ1n) is 6.29. The van der Waals surface area contributed by atoms with E-state index in [1.165, 1.54) is 12.5 Å². The Bertz CT molecular complexity index is 361. The molecule has 0 bridgehead atoms. The molecule has 17 heavy (non-hydrogen) atoms. The molecule has 1 unspecified atom stereocenters. The SMILES string of the molecule is Cc1ccc(F)cc1CNCC1CCCOC1. The fourth-order valence-corrected chi connectivity index (χ4v) is 2.21. The van der Waals surface area contributed by atoms with E-state index in [2.05, 4.69) is 5.32 Å². The number of benzene rings is 1. The molecule has 3 heteroatoms. The van der Waals surface area contributed by atoms with E-state index >= 15 is 0 Å². The van der Waals surface area contributed by atoms with Crippen LogP contribution in [0.5, 0.6) is 0 Å². The van der Waals surface area contributed by atoms with E-state index < -0.39 is 0 Å². The van der Waals surface area contributed by atoms with Gasteiger partial charge in [0.1, 0.15) is 5.82 Å². The van der Waals surface area contributed by atoms with Crippen molar-refractivity contribution in [3.05, 3.63) is 35.1 Å². The van der Waals surface area contributed by atoms with Crippen molar-refractivity contribution in [2.45, 2.75) is 26.3 Å². The van der Waals surface area contributed by atoms with Crippen LogP contribution in [0.15, 0.2) is 18.2 Å². The summed E-state index contributed by atoms with van der Waals surface area (Å²) in [5.74, 6) is 0.450. The van der Waals surface area contributed by atoms with Crippen molar-refractivity contribution in [2.24, 2.45) is 5.92 Å². The molecule has 1 aromatic carbocycles. The van der Waals surface area contributed by atoms with Crippen molar-refractivity contribution in [3.63, 3.8) is 0 Å². The second-order valence-electron chi connectivity index (χ2n) is 4.78. The van der Waals surface area contributed by atoms with Crippen molar-refractivity contribution in [3.8, 4) is 0 Å². The van der Waals surface area contributed by atoms with Gasteiger partial charge in [-0.25, -0.2) is 4.39 Å². The zero-order chi connectivity index (χ0) is 12.1. The summed E-state index contributed by atoms with van der Waals surface area (Å²) in [6.45, 7) is 5.46. The summed E-state index contributed by atoms with van der Waals surface area (Å²) < 4.78 is 18.5. The fourth-order valence-electron chi connectivity index (χ4n) is 2.21. The largest absolute Gasteiger partial charge is 0.381 e. The van der Waals surface area contributed by atoms with Crippen LogP contribution < -0.4 is 5.32 Å². The predicted molar refractivity (Wildman–Crippen MR) is 66.4 cm³/mol. The van der Waals surface area contributed by atoms with Gasteiger partial charge in [0.25, 0.3) is 0 Å². The summed E-state index contributed by atoms with van der Waals surface area (Å²) in [5, 5.41) is 3.39. The molecule has 94 valence electrons. The van der Waals surface area contributed by atoms with Gasteiger partial charge < -0.3 is 10.1 Å². The lowest BCUT2D eigenvalue weighted by atomic mass is 10.0. The molecule has 0 amide bonds. The van der Waals surface area contributed by atoms with Crippen LogP contribution in [0.2, 0.25) is 0 Å². The summed E-state index contributed by atoms with van der Waals surface area (Å²) >= 11 is 0. The van der Waals surface area contributed by atoms with Gasteiger partial charge in [-0.05, 0) is 48.9 Å². The maximum Gasteiger partial charge on any atom is 0.123 e. The highest BCUT2D eigenvalue weighted by Crippen LogP contribution is 2.13. The van der Waals surface area contributed by atoms with Crippen LogP contribution in [-0.4, -0.2) is 19.8 Å². The zero-order valence-electron chi connectivity index (χ0n) is 10.3. The average molecular weight is 237 g/mol. The molecule has 0 saturated carbocycles. The van der Waals surface area contributed by atoms with Gasteiger partial charge in [0.2, 0.25) is 0 Å². The standard InChI is InChI=1S/C14H20FNO/c1-11-4-5-14(15)7-13(11)9-16-8-12-3-2-6-17-10-12/h4-5,7,12,16H,2-3,6,8-10H2,1H3. The van der Waals surface area contributed by atoms with Gasteiger partial charge in [-0.2, -0.15) is 0 Å². The molecule has 1 fully saturated rings. The van der Waals surface area contributed by atoms with E-state index in [9.17, 15) is 4.39 Å². The average Bonchev–Trinajstić information content (AvgIpc) is 2.35. The topological polar surface area (TPSA) is 21.3 Å². The third kappa shape index (κ3) is 3.79. The van der Waals surface area contributed by atoms with Crippen LogP contribution in [0.25, 0.3) is 0 Å².